The molecule has 2 aliphatic carbocycles. The summed E-state index contributed by atoms with van der Waals surface area (Å²) >= 11 is 1.95. The van der Waals surface area contributed by atoms with Gasteiger partial charge < -0.3 is 5.32 Å². The lowest BCUT2D eigenvalue weighted by Gasteiger charge is -2.28. The molecule has 1 aromatic heterocycles. The van der Waals surface area contributed by atoms with Gasteiger partial charge in [0.1, 0.15) is 0 Å². The van der Waals surface area contributed by atoms with E-state index in [4.69, 9.17) is 0 Å². The molecular formula is C13H19NS. The summed E-state index contributed by atoms with van der Waals surface area (Å²) in [6.07, 6.45) is 8.44. The fourth-order valence-electron chi connectivity index (χ4n) is 2.77. The Hall–Kier alpha value is -0.340. The molecule has 0 amide bonds. The maximum Gasteiger partial charge on any atom is 0.0172 e. The van der Waals surface area contributed by atoms with Crippen molar-refractivity contribution in [2.24, 2.45) is 0 Å². The van der Waals surface area contributed by atoms with Crippen LogP contribution in [0.3, 0.4) is 0 Å². The van der Waals surface area contributed by atoms with Gasteiger partial charge in [-0.15, -0.1) is 11.3 Å². The van der Waals surface area contributed by atoms with Crippen LogP contribution in [-0.4, -0.2) is 12.6 Å². The van der Waals surface area contributed by atoms with E-state index in [9.17, 15) is 0 Å². The third-order valence-electron chi connectivity index (χ3n) is 3.91. The van der Waals surface area contributed by atoms with E-state index >= 15 is 0 Å². The minimum atomic E-state index is 0.497. The van der Waals surface area contributed by atoms with Gasteiger partial charge in [0.05, 0.1) is 0 Å². The quantitative estimate of drug-likeness (QED) is 0.822. The molecule has 2 heteroatoms. The van der Waals surface area contributed by atoms with E-state index in [0.717, 1.165) is 6.04 Å². The summed E-state index contributed by atoms with van der Waals surface area (Å²) in [5.41, 5.74) is 0.497. The number of hydrogen-bond donors (Lipinski definition) is 1. The summed E-state index contributed by atoms with van der Waals surface area (Å²) in [4.78, 5) is 1.62. The second-order valence-corrected chi connectivity index (χ2v) is 6.07. The predicted molar refractivity (Wildman–Crippen MR) is 65.5 cm³/mol. The summed E-state index contributed by atoms with van der Waals surface area (Å²) in [6, 6.07) is 5.39. The molecule has 2 saturated carbocycles. The number of nitrogens with one attached hydrogen (secondary N) is 1. The molecule has 0 spiro atoms. The number of rotatable bonds is 4. The van der Waals surface area contributed by atoms with E-state index in [1.807, 2.05) is 11.3 Å². The van der Waals surface area contributed by atoms with Crippen LogP contribution in [0.2, 0.25) is 0 Å². The molecule has 0 aromatic carbocycles. The summed E-state index contributed by atoms with van der Waals surface area (Å²) in [7, 11) is 0. The monoisotopic (exact) mass is 221 g/mol. The normalized spacial score (nSPS) is 24.5. The highest BCUT2D eigenvalue weighted by Gasteiger charge is 2.37. The molecule has 0 aliphatic heterocycles. The van der Waals surface area contributed by atoms with Crippen LogP contribution in [0.5, 0.6) is 0 Å². The lowest BCUT2D eigenvalue weighted by atomic mass is 9.84. The largest absolute Gasteiger partial charge is 0.313 e. The van der Waals surface area contributed by atoms with Crippen molar-refractivity contribution in [1.82, 2.24) is 5.32 Å². The minimum Gasteiger partial charge on any atom is -0.313 e. The van der Waals surface area contributed by atoms with E-state index in [0.29, 0.717) is 5.41 Å². The topological polar surface area (TPSA) is 12.0 Å². The molecule has 15 heavy (non-hydrogen) atoms. The summed E-state index contributed by atoms with van der Waals surface area (Å²) in [5, 5.41) is 5.96. The highest BCUT2D eigenvalue weighted by atomic mass is 32.1. The zero-order chi connectivity index (χ0) is 10.1. The molecule has 1 N–H and O–H groups in total. The maximum atomic E-state index is 3.73. The fourth-order valence-corrected chi connectivity index (χ4v) is 3.76. The lowest BCUT2D eigenvalue weighted by Crippen LogP contribution is -2.36. The van der Waals surface area contributed by atoms with Gasteiger partial charge in [0.25, 0.3) is 0 Å². The van der Waals surface area contributed by atoms with E-state index in [-0.39, 0.29) is 0 Å². The van der Waals surface area contributed by atoms with Crippen LogP contribution in [0.25, 0.3) is 0 Å². The van der Waals surface area contributed by atoms with Crippen molar-refractivity contribution in [3.8, 4) is 0 Å². The number of hydrogen-bond acceptors (Lipinski definition) is 2. The molecule has 82 valence electrons. The van der Waals surface area contributed by atoms with Crippen LogP contribution in [0, 0.1) is 0 Å². The van der Waals surface area contributed by atoms with Crippen molar-refractivity contribution in [2.75, 3.05) is 6.54 Å². The molecule has 0 atom stereocenters. The van der Waals surface area contributed by atoms with Crippen LogP contribution in [0.1, 0.15) is 43.4 Å². The Bertz CT molecular complexity index is 307. The van der Waals surface area contributed by atoms with E-state index in [1.54, 1.807) is 4.88 Å². The van der Waals surface area contributed by atoms with Crippen molar-refractivity contribution >= 4 is 11.3 Å². The van der Waals surface area contributed by atoms with Crippen molar-refractivity contribution in [3.05, 3.63) is 22.4 Å². The van der Waals surface area contributed by atoms with Gasteiger partial charge in [-0.25, -0.2) is 0 Å². The minimum absolute atomic E-state index is 0.497. The van der Waals surface area contributed by atoms with Gasteiger partial charge in [-0.2, -0.15) is 0 Å². The summed E-state index contributed by atoms with van der Waals surface area (Å²) < 4.78 is 0. The van der Waals surface area contributed by atoms with Gasteiger partial charge in [-0.3, -0.25) is 0 Å². The molecule has 1 aromatic rings. The Kier molecular flexibility index (Phi) is 2.57. The Morgan fingerprint density at radius 3 is 2.73 bits per heavy atom. The first-order valence-electron chi connectivity index (χ1n) is 6.16. The third kappa shape index (κ3) is 1.98. The van der Waals surface area contributed by atoms with Gasteiger partial charge >= 0.3 is 0 Å². The second kappa shape index (κ2) is 3.91. The first-order chi connectivity index (χ1) is 7.39. The first kappa shape index (κ1) is 9.86. The summed E-state index contributed by atoms with van der Waals surface area (Å²) in [6.45, 7) is 1.22. The van der Waals surface area contributed by atoms with Gasteiger partial charge in [0.2, 0.25) is 0 Å². The van der Waals surface area contributed by atoms with E-state index < -0.39 is 0 Å². The molecule has 0 saturated heterocycles. The first-order valence-corrected chi connectivity index (χ1v) is 7.04. The molecule has 1 heterocycles. The maximum absolute atomic E-state index is 3.73. The highest BCUT2D eigenvalue weighted by molar-refractivity contribution is 7.10. The lowest BCUT2D eigenvalue weighted by molar-refractivity contribution is 0.411. The zero-order valence-electron chi connectivity index (χ0n) is 9.17. The van der Waals surface area contributed by atoms with Crippen LogP contribution in [-0.2, 0) is 5.41 Å². The predicted octanol–water partition coefficient (Wildman–Crippen LogP) is 3.31. The van der Waals surface area contributed by atoms with Crippen molar-refractivity contribution in [3.63, 3.8) is 0 Å². The van der Waals surface area contributed by atoms with Crippen molar-refractivity contribution in [1.29, 1.82) is 0 Å². The molecule has 2 aliphatic rings. The standard InChI is InChI=1S/C13H19NS/c1-2-8-13(7-1,10-14-11-5-6-11)12-4-3-9-15-12/h3-4,9,11,14H,1-2,5-8,10H2. The van der Waals surface area contributed by atoms with Gasteiger partial charge in [0.15, 0.2) is 0 Å². The van der Waals surface area contributed by atoms with Gasteiger partial charge in [-0.1, -0.05) is 18.9 Å². The molecule has 3 rings (SSSR count). The Labute approximate surface area is 95.9 Å². The average molecular weight is 221 g/mol. The Balaban J connectivity index is 1.75. The Morgan fingerprint density at radius 2 is 2.13 bits per heavy atom. The van der Waals surface area contributed by atoms with E-state index in [1.165, 1.54) is 45.1 Å². The van der Waals surface area contributed by atoms with Crippen molar-refractivity contribution < 1.29 is 0 Å². The summed E-state index contributed by atoms with van der Waals surface area (Å²) in [5.74, 6) is 0. The molecular weight excluding hydrogens is 202 g/mol. The molecule has 1 nitrogen and oxygen atoms in total. The number of thiophene rings is 1. The molecule has 2 fully saturated rings. The van der Waals surface area contributed by atoms with Crippen LogP contribution >= 0.6 is 11.3 Å². The average Bonchev–Trinajstić information content (AvgIpc) is 2.78. The SMILES string of the molecule is c1csc(C2(CNC3CC3)CCCC2)c1. The van der Waals surface area contributed by atoms with Gasteiger partial charge in [-0.05, 0) is 37.1 Å². The van der Waals surface area contributed by atoms with E-state index in [2.05, 4.69) is 22.8 Å². The van der Waals surface area contributed by atoms with Crippen LogP contribution in [0.4, 0.5) is 0 Å². The zero-order valence-corrected chi connectivity index (χ0v) is 9.98. The highest BCUT2D eigenvalue weighted by Crippen LogP contribution is 2.43. The second-order valence-electron chi connectivity index (χ2n) is 5.12. The molecule has 0 radical (unpaired) electrons. The molecule has 0 bridgehead atoms. The van der Waals surface area contributed by atoms with Crippen LogP contribution < -0.4 is 5.32 Å². The fraction of sp³-hybridized carbons (Fsp3) is 0.692. The Morgan fingerprint density at radius 1 is 1.33 bits per heavy atom. The van der Waals surface area contributed by atoms with Crippen LogP contribution in [0.15, 0.2) is 17.5 Å². The van der Waals surface area contributed by atoms with Crippen molar-refractivity contribution in [2.45, 2.75) is 50.0 Å². The molecule has 0 unspecified atom stereocenters. The third-order valence-corrected chi connectivity index (χ3v) is 5.03. The van der Waals surface area contributed by atoms with Gasteiger partial charge in [0, 0.05) is 22.9 Å². The smallest absolute Gasteiger partial charge is 0.0172 e.